The van der Waals surface area contributed by atoms with Crippen molar-refractivity contribution >= 4 is 15.0 Å². The van der Waals surface area contributed by atoms with Gasteiger partial charge in [0.2, 0.25) is 0 Å². The van der Waals surface area contributed by atoms with Crippen LogP contribution in [0.5, 0.6) is 11.5 Å². The number of Topliss-reactive ketones (excluding diaryl/α,β-unsaturated/α-hetero) is 1. The number of carbonyl (C=O) groups excluding carboxylic acids is 1. The standard InChI is InChI=1S/C18H26NO3P/c1-21-16-9-13-8-14(18(20)15(13)10-17(16)22-2)7-12-3-5-19(11-23)6-4-12/h9-10,12,14H,3-8,11,23H2,1-2H3. The molecule has 0 radical (unpaired) electrons. The van der Waals surface area contributed by atoms with E-state index < -0.39 is 0 Å². The lowest BCUT2D eigenvalue weighted by atomic mass is 9.85. The monoisotopic (exact) mass is 335 g/mol. The topological polar surface area (TPSA) is 38.8 Å². The van der Waals surface area contributed by atoms with Crippen LogP contribution in [-0.2, 0) is 6.42 Å². The van der Waals surface area contributed by atoms with Crippen LogP contribution in [0.1, 0.15) is 35.2 Å². The van der Waals surface area contributed by atoms with Gasteiger partial charge in [-0.1, -0.05) is 0 Å². The lowest BCUT2D eigenvalue weighted by Crippen LogP contribution is -2.33. The second-order valence-electron chi connectivity index (χ2n) is 6.61. The van der Waals surface area contributed by atoms with Crippen molar-refractivity contribution in [3.8, 4) is 11.5 Å². The van der Waals surface area contributed by atoms with Crippen molar-refractivity contribution in [3.63, 3.8) is 0 Å². The average Bonchev–Trinajstić information content (AvgIpc) is 2.89. The Labute approximate surface area is 140 Å². The van der Waals surface area contributed by atoms with E-state index in [2.05, 4.69) is 14.1 Å². The molecule has 1 saturated heterocycles. The molecule has 1 aromatic rings. The van der Waals surface area contributed by atoms with E-state index in [9.17, 15) is 4.79 Å². The van der Waals surface area contributed by atoms with Gasteiger partial charge in [-0.25, -0.2) is 0 Å². The Morgan fingerprint density at radius 2 is 1.83 bits per heavy atom. The van der Waals surface area contributed by atoms with Crippen LogP contribution < -0.4 is 9.47 Å². The molecule has 126 valence electrons. The number of fused-ring (bicyclic) bond motifs is 1. The Kier molecular flexibility index (Phi) is 5.23. The largest absolute Gasteiger partial charge is 0.493 e. The van der Waals surface area contributed by atoms with Crippen LogP contribution >= 0.6 is 9.24 Å². The number of methoxy groups -OCH3 is 2. The first-order chi connectivity index (χ1) is 11.2. The molecule has 4 nitrogen and oxygen atoms in total. The Morgan fingerprint density at radius 1 is 1.17 bits per heavy atom. The lowest BCUT2D eigenvalue weighted by molar-refractivity contribution is 0.0901. The molecule has 0 aromatic heterocycles. The number of ether oxygens (including phenoxy) is 2. The molecule has 2 unspecified atom stereocenters. The summed E-state index contributed by atoms with van der Waals surface area (Å²) in [4.78, 5) is 15.2. The van der Waals surface area contributed by atoms with E-state index in [0.717, 1.165) is 43.3 Å². The number of ketones is 1. The van der Waals surface area contributed by atoms with E-state index in [4.69, 9.17) is 9.47 Å². The minimum absolute atomic E-state index is 0.134. The molecule has 0 bridgehead atoms. The van der Waals surface area contributed by atoms with Gasteiger partial charge in [-0.3, -0.25) is 9.69 Å². The number of benzene rings is 1. The summed E-state index contributed by atoms with van der Waals surface area (Å²) < 4.78 is 10.7. The van der Waals surface area contributed by atoms with Gasteiger partial charge in [-0.2, -0.15) is 0 Å². The molecular formula is C18H26NO3P. The summed E-state index contributed by atoms with van der Waals surface area (Å²) in [6.07, 6.45) is 5.34. The maximum atomic E-state index is 12.7. The van der Waals surface area contributed by atoms with Crippen LogP contribution in [0.15, 0.2) is 12.1 Å². The van der Waals surface area contributed by atoms with Crippen molar-refractivity contribution in [3.05, 3.63) is 23.3 Å². The fourth-order valence-electron chi connectivity index (χ4n) is 3.89. The van der Waals surface area contributed by atoms with E-state index in [-0.39, 0.29) is 11.7 Å². The van der Waals surface area contributed by atoms with E-state index in [1.807, 2.05) is 12.1 Å². The van der Waals surface area contributed by atoms with E-state index in [1.54, 1.807) is 14.2 Å². The van der Waals surface area contributed by atoms with Gasteiger partial charge < -0.3 is 9.47 Å². The van der Waals surface area contributed by atoms with Crippen LogP contribution in [-0.4, -0.2) is 44.3 Å². The maximum absolute atomic E-state index is 12.7. The normalized spacial score (nSPS) is 22.2. The molecule has 1 aliphatic heterocycles. The average molecular weight is 335 g/mol. The van der Waals surface area contributed by atoms with Gasteiger partial charge in [0.05, 0.1) is 14.2 Å². The SMILES string of the molecule is COc1cc2c(cc1OC)C(=O)C(CC1CCN(CP)CC1)C2. The number of carbonyl (C=O) groups is 1. The highest BCUT2D eigenvalue weighted by Crippen LogP contribution is 2.39. The minimum Gasteiger partial charge on any atom is -0.493 e. The van der Waals surface area contributed by atoms with E-state index >= 15 is 0 Å². The fraction of sp³-hybridized carbons (Fsp3) is 0.611. The molecule has 2 atom stereocenters. The first-order valence-electron chi connectivity index (χ1n) is 8.37. The van der Waals surface area contributed by atoms with Crippen molar-refractivity contribution in [2.45, 2.75) is 25.7 Å². The number of nitrogens with zero attached hydrogens (tertiary/aromatic N) is 1. The highest BCUT2D eigenvalue weighted by molar-refractivity contribution is 7.16. The number of piperidine rings is 1. The minimum atomic E-state index is 0.134. The summed E-state index contributed by atoms with van der Waals surface area (Å²) in [6, 6.07) is 3.83. The molecule has 2 aliphatic rings. The molecule has 0 N–H and O–H groups in total. The molecule has 0 amide bonds. The maximum Gasteiger partial charge on any atom is 0.166 e. The number of hydrogen-bond acceptors (Lipinski definition) is 4. The van der Waals surface area contributed by atoms with Gasteiger partial charge in [0.1, 0.15) is 0 Å². The molecule has 1 fully saturated rings. The lowest BCUT2D eigenvalue weighted by Gasteiger charge is -2.31. The van der Waals surface area contributed by atoms with Gasteiger partial charge in [0.15, 0.2) is 17.3 Å². The van der Waals surface area contributed by atoms with Gasteiger partial charge in [0, 0.05) is 17.8 Å². The van der Waals surface area contributed by atoms with Gasteiger partial charge in [-0.15, -0.1) is 9.24 Å². The van der Waals surface area contributed by atoms with Crippen molar-refractivity contribution in [2.75, 3.05) is 33.6 Å². The summed E-state index contributed by atoms with van der Waals surface area (Å²) in [5.41, 5.74) is 1.94. The number of rotatable bonds is 5. The van der Waals surface area contributed by atoms with E-state index in [0.29, 0.717) is 17.4 Å². The highest BCUT2D eigenvalue weighted by Gasteiger charge is 2.34. The van der Waals surface area contributed by atoms with Crippen molar-refractivity contribution in [1.82, 2.24) is 4.90 Å². The van der Waals surface area contributed by atoms with Crippen LogP contribution in [0.2, 0.25) is 0 Å². The molecule has 3 rings (SSSR count). The van der Waals surface area contributed by atoms with Crippen molar-refractivity contribution < 1.29 is 14.3 Å². The van der Waals surface area contributed by atoms with Crippen LogP contribution in [0, 0.1) is 11.8 Å². The zero-order chi connectivity index (χ0) is 16.4. The zero-order valence-corrected chi connectivity index (χ0v) is 15.2. The van der Waals surface area contributed by atoms with Gasteiger partial charge >= 0.3 is 0 Å². The molecule has 1 aromatic carbocycles. The Morgan fingerprint density at radius 3 is 2.43 bits per heavy atom. The number of hydrogen-bond donors (Lipinski definition) is 0. The summed E-state index contributed by atoms with van der Waals surface area (Å²) in [6.45, 7) is 2.31. The smallest absolute Gasteiger partial charge is 0.166 e. The Hall–Kier alpha value is -1.12. The Bertz CT molecular complexity index is 582. The summed E-state index contributed by atoms with van der Waals surface area (Å²) in [5.74, 6) is 2.46. The van der Waals surface area contributed by atoms with Crippen molar-refractivity contribution in [1.29, 1.82) is 0 Å². The quantitative estimate of drug-likeness (QED) is 0.776. The van der Waals surface area contributed by atoms with Crippen LogP contribution in [0.25, 0.3) is 0 Å². The number of likely N-dealkylation sites (tertiary alicyclic amines) is 1. The predicted octanol–water partition coefficient (Wildman–Crippen LogP) is 2.99. The van der Waals surface area contributed by atoms with Crippen molar-refractivity contribution in [2.24, 2.45) is 11.8 Å². The third kappa shape index (κ3) is 3.39. The molecule has 5 heteroatoms. The van der Waals surface area contributed by atoms with Gasteiger partial charge in [-0.05, 0) is 62.4 Å². The highest BCUT2D eigenvalue weighted by atomic mass is 31.0. The molecule has 0 spiro atoms. The van der Waals surface area contributed by atoms with E-state index in [1.165, 1.54) is 12.8 Å². The molecular weight excluding hydrogens is 309 g/mol. The zero-order valence-electron chi connectivity index (χ0n) is 14.0. The molecule has 1 heterocycles. The first kappa shape index (κ1) is 16.7. The third-order valence-electron chi connectivity index (χ3n) is 5.30. The fourth-order valence-corrected chi connectivity index (χ4v) is 4.26. The van der Waals surface area contributed by atoms with Crippen LogP contribution in [0.4, 0.5) is 0 Å². The second kappa shape index (κ2) is 7.19. The Balaban J connectivity index is 1.69. The second-order valence-corrected chi connectivity index (χ2v) is 6.97. The van der Waals surface area contributed by atoms with Gasteiger partial charge in [0.25, 0.3) is 0 Å². The summed E-state index contributed by atoms with van der Waals surface area (Å²) in [5, 5.41) is 0. The molecule has 23 heavy (non-hydrogen) atoms. The summed E-state index contributed by atoms with van der Waals surface area (Å²) in [7, 11) is 6.05. The third-order valence-corrected chi connectivity index (χ3v) is 5.81. The predicted molar refractivity (Wildman–Crippen MR) is 94.6 cm³/mol. The molecule has 1 aliphatic carbocycles. The van der Waals surface area contributed by atoms with Crippen LogP contribution in [0.3, 0.4) is 0 Å². The first-order valence-corrected chi connectivity index (χ1v) is 9.19. The summed E-state index contributed by atoms with van der Waals surface area (Å²) >= 11 is 0. The molecule has 0 saturated carbocycles.